The molecule has 0 aromatic rings. The Kier molecular flexibility index (Phi) is 4.20. The van der Waals surface area contributed by atoms with Crippen molar-refractivity contribution in [3.63, 3.8) is 0 Å². The third-order valence-corrected chi connectivity index (χ3v) is 2.59. The molecule has 1 aliphatic heterocycles. The van der Waals surface area contributed by atoms with Crippen LogP contribution in [0.4, 0.5) is 0 Å². The van der Waals surface area contributed by atoms with Crippen molar-refractivity contribution in [1.29, 1.82) is 0 Å². The fourth-order valence-corrected chi connectivity index (χ4v) is 1.70. The van der Waals surface area contributed by atoms with Gasteiger partial charge in [-0.2, -0.15) is 0 Å². The molecular weight excluding hydrogens is 162 g/mol. The van der Waals surface area contributed by atoms with Gasteiger partial charge in [-0.15, -0.1) is 0 Å². The molecule has 13 heavy (non-hydrogen) atoms. The molecule has 0 radical (unpaired) electrons. The largest absolute Gasteiger partial charge is 0.377 e. The van der Waals surface area contributed by atoms with Crippen molar-refractivity contribution in [2.45, 2.75) is 46.3 Å². The number of rotatable bonds is 4. The molecule has 0 aromatic carbocycles. The van der Waals surface area contributed by atoms with E-state index in [0.717, 1.165) is 19.1 Å². The van der Waals surface area contributed by atoms with Gasteiger partial charge in [-0.3, -0.25) is 0 Å². The first kappa shape index (κ1) is 11.0. The summed E-state index contributed by atoms with van der Waals surface area (Å²) in [6.07, 6.45) is 1.64. The van der Waals surface area contributed by atoms with Crippen LogP contribution < -0.4 is 5.32 Å². The van der Waals surface area contributed by atoms with Gasteiger partial charge in [0.25, 0.3) is 0 Å². The summed E-state index contributed by atoms with van der Waals surface area (Å²) in [7, 11) is 0. The molecule has 2 nitrogen and oxygen atoms in total. The molecule has 0 amide bonds. The Morgan fingerprint density at radius 1 is 1.31 bits per heavy atom. The molecule has 1 rings (SSSR count). The van der Waals surface area contributed by atoms with Crippen molar-refractivity contribution in [2.24, 2.45) is 11.8 Å². The van der Waals surface area contributed by atoms with Crippen molar-refractivity contribution < 1.29 is 4.74 Å². The maximum atomic E-state index is 5.78. The number of hydrogen-bond acceptors (Lipinski definition) is 2. The highest BCUT2D eigenvalue weighted by Gasteiger charge is 2.26. The molecule has 0 unspecified atom stereocenters. The van der Waals surface area contributed by atoms with Gasteiger partial charge in [-0.25, -0.2) is 0 Å². The SMILES string of the molecule is CC(C)CO[C@H]1CN[C@@H](C(C)C)C1. The van der Waals surface area contributed by atoms with Crippen LogP contribution in [0, 0.1) is 11.8 Å². The molecule has 1 aliphatic rings. The van der Waals surface area contributed by atoms with Crippen molar-refractivity contribution in [2.75, 3.05) is 13.2 Å². The van der Waals surface area contributed by atoms with Gasteiger partial charge in [0.1, 0.15) is 0 Å². The molecule has 0 spiro atoms. The van der Waals surface area contributed by atoms with Crippen molar-refractivity contribution >= 4 is 0 Å². The van der Waals surface area contributed by atoms with Gasteiger partial charge in [0.05, 0.1) is 6.10 Å². The van der Waals surface area contributed by atoms with Crippen molar-refractivity contribution in [1.82, 2.24) is 5.32 Å². The zero-order valence-corrected chi connectivity index (χ0v) is 9.34. The molecule has 1 fully saturated rings. The summed E-state index contributed by atoms with van der Waals surface area (Å²) >= 11 is 0. The molecule has 0 aromatic heterocycles. The number of ether oxygens (including phenoxy) is 1. The van der Waals surface area contributed by atoms with E-state index < -0.39 is 0 Å². The lowest BCUT2D eigenvalue weighted by molar-refractivity contribution is 0.0463. The normalized spacial score (nSPS) is 29.1. The van der Waals surface area contributed by atoms with E-state index in [9.17, 15) is 0 Å². The summed E-state index contributed by atoms with van der Waals surface area (Å²) in [4.78, 5) is 0. The smallest absolute Gasteiger partial charge is 0.0714 e. The first-order valence-corrected chi connectivity index (χ1v) is 5.44. The Hall–Kier alpha value is -0.0800. The van der Waals surface area contributed by atoms with Gasteiger partial charge in [-0.1, -0.05) is 27.7 Å². The third-order valence-electron chi connectivity index (χ3n) is 2.59. The summed E-state index contributed by atoms with van der Waals surface area (Å²) in [6.45, 7) is 10.9. The second-order valence-electron chi connectivity index (χ2n) is 4.84. The Morgan fingerprint density at radius 2 is 2.00 bits per heavy atom. The van der Waals surface area contributed by atoms with E-state index in [1.54, 1.807) is 0 Å². The molecule has 2 atom stereocenters. The first-order chi connectivity index (χ1) is 6.09. The minimum atomic E-state index is 0.454. The molecule has 2 heteroatoms. The highest BCUT2D eigenvalue weighted by Crippen LogP contribution is 2.17. The third kappa shape index (κ3) is 3.65. The van der Waals surface area contributed by atoms with Crippen LogP contribution in [0.15, 0.2) is 0 Å². The first-order valence-electron chi connectivity index (χ1n) is 5.44. The minimum Gasteiger partial charge on any atom is -0.377 e. The van der Waals surface area contributed by atoms with Crippen LogP contribution in [-0.2, 0) is 4.74 Å². The predicted octanol–water partition coefficient (Wildman–Crippen LogP) is 2.05. The van der Waals surface area contributed by atoms with E-state index in [4.69, 9.17) is 4.74 Å². The standard InChI is InChI=1S/C11H23NO/c1-8(2)7-13-10-5-11(9(3)4)12-6-10/h8-12H,5-7H2,1-4H3/t10-,11-/m1/s1. The zero-order chi connectivity index (χ0) is 9.84. The van der Waals surface area contributed by atoms with Crippen molar-refractivity contribution in [3.05, 3.63) is 0 Å². The van der Waals surface area contributed by atoms with Crippen LogP contribution in [0.25, 0.3) is 0 Å². The van der Waals surface area contributed by atoms with Crippen LogP contribution in [0.3, 0.4) is 0 Å². The lowest BCUT2D eigenvalue weighted by Crippen LogP contribution is -2.26. The molecule has 0 bridgehead atoms. The Balaban J connectivity index is 2.17. The van der Waals surface area contributed by atoms with Crippen LogP contribution in [0.5, 0.6) is 0 Å². The number of nitrogens with one attached hydrogen (secondary N) is 1. The molecule has 0 saturated carbocycles. The second-order valence-corrected chi connectivity index (χ2v) is 4.84. The van der Waals surface area contributed by atoms with E-state index in [0.29, 0.717) is 18.1 Å². The zero-order valence-electron chi connectivity index (χ0n) is 9.34. The molecular formula is C11H23NO. The predicted molar refractivity (Wildman–Crippen MR) is 55.8 cm³/mol. The summed E-state index contributed by atoms with van der Waals surface area (Å²) in [5, 5.41) is 3.50. The number of hydrogen-bond donors (Lipinski definition) is 1. The average Bonchev–Trinajstić information content (AvgIpc) is 2.48. The Bertz CT molecular complexity index is 145. The molecule has 78 valence electrons. The maximum absolute atomic E-state index is 5.78. The molecule has 1 saturated heterocycles. The van der Waals surface area contributed by atoms with Gasteiger partial charge in [-0.05, 0) is 18.3 Å². The van der Waals surface area contributed by atoms with Crippen LogP contribution in [0.2, 0.25) is 0 Å². The summed E-state index contributed by atoms with van der Waals surface area (Å²) in [5.41, 5.74) is 0. The molecule has 1 heterocycles. The second kappa shape index (κ2) is 4.97. The molecule has 0 aliphatic carbocycles. The van der Waals surface area contributed by atoms with Gasteiger partial charge in [0.15, 0.2) is 0 Å². The highest BCUT2D eigenvalue weighted by atomic mass is 16.5. The van der Waals surface area contributed by atoms with Crippen molar-refractivity contribution in [3.8, 4) is 0 Å². The van der Waals surface area contributed by atoms with Crippen LogP contribution >= 0.6 is 0 Å². The average molecular weight is 185 g/mol. The summed E-state index contributed by atoms with van der Waals surface area (Å²) in [6, 6.07) is 0.664. The maximum Gasteiger partial charge on any atom is 0.0714 e. The minimum absolute atomic E-state index is 0.454. The van der Waals surface area contributed by atoms with E-state index in [1.165, 1.54) is 6.42 Å². The van der Waals surface area contributed by atoms with Gasteiger partial charge >= 0.3 is 0 Å². The van der Waals surface area contributed by atoms with Gasteiger partial charge in [0, 0.05) is 19.2 Å². The fraction of sp³-hybridized carbons (Fsp3) is 1.00. The van der Waals surface area contributed by atoms with E-state index in [2.05, 4.69) is 33.0 Å². The molecule has 1 N–H and O–H groups in total. The van der Waals surface area contributed by atoms with Crippen LogP contribution in [-0.4, -0.2) is 25.3 Å². The Labute approximate surface area is 82.0 Å². The lowest BCUT2D eigenvalue weighted by atomic mass is 10.0. The van der Waals surface area contributed by atoms with E-state index in [-0.39, 0.29) is 0 Å². The quantitative estimate of drug-likeness (QED) is 0.723. The Morgan fingerprint density at radius 3 is 2.46 bits per heavy atom. The summed E-state index contributed by atoms with van der Waals surface area (Å²) < 4.78 is 5.78. The van der Waals surface area contributed by atoms with Gasteiger partial charge in [0.2, 0.25) is 0 Å². The topological polar surface area (TPSA) is 21.3 Å². The highest BCUT2D eigenvalue weighted by molar-refractivity contribution is 4.84. The van der Waals surface area contributed by atoms with Crippen LogP contribution in [0.1, 0.15) is 34.1 Å². The lowest BCUT2D eigenvalue weighted by Gasteiger charge is -2.15. The fourth-order valence-electron chi connectivity index (χ4n) is 1.70. The van der Waals surface area contributed by atoms with Gasteiger partial charge < -0.3 is 10.1 Å². The van der Waals surface area contributed by atoms with E-state index in [1.807, 2.05) is 0 Å². The monoisotopic (exact) mass is 185 g/mol. The summed E-state index contributed by atoms with van der Waals surface area (Å²) in [5.74, 6) is 1.38. The van der Waals surface area contributed by atoms with E-state index >= 15 is 0 Å².